The van der Waals surface area contributed by atoms with Gasteiger partial charge in [0.1, 0.15) is 6.10 Å². The molecule has 23 heavy (non-hydrogen) atoms. The number of amides is 1. The molecule has 1 aromatic heterocycles. The van der Waals surface area contributed by atoms with Crippen molar-refractivity contribution in [2.75, 3.05) is 26.8 Å². The van der Waals surface area contributed by atoms with Crippen LogP contribution in [-0.4, -0.2) is 52.5 Å². The van der Waals surface area contributed by atoms with Crippen molar-refractivity contribution in [1.82, 2.24) is 14.7 Å². The van der Waals surface area contributed by atoms with Crippen LogP contribution in [-0.2, 0) is 9.53 Å². The third-order valence-corrected chi connectivity index (χ3v) is 4.36. The van der Waals surface area contributed by atoms with E-state index >= 15 is 0 Å². The summed E-state index contributed by atoms with van der Waals surface area (Å²) in [6.07, 6.45) is 2.24. The Morgan fingerprint density at radius 1 is 1.57 bits per heavy atom. The Morgan fingerprint density at radius 3 is 2.87 bits per heavy atom. The van der Waals surface area contributed by atoms with Gasteiger partial charge in [-0.3, -0.25) is 9.48 Å². The summed E-state index contributed by atoms with van der Waals surface area (Å²) in [4.78, 5) is 14.6. The van der Waals surface area contributed by atoms with Gasteiger partial charge in [0.15, 0.2) is 0 Å². The Kier molecular flexibility index (Phi) is 5.47. The Hall–Kier alpha value is -1.40. The van der Waals surface area contributed by atoms with Crippen molar-refractivity contribution in [2.24, 2.45) is 11.3 Å². The minimum atomic E-state index is -0.306. The second-order valence-corrected chi connectivity index (χ2v) is 7.50. The summed E-state index contributed by atoms with van der Waals surface area (Å²) in [5.41, 5.74) is 0.657. The van der Waals surface area contributed by atoms with Crippen LogP contribution in [0.5, 0.6) is 0 Å². The molecule has 0 unspecified atom stereocenters. The minimum absolute atomic E-state index is 0.0509. The highest BCUT2D eigenvalue weighted by Gasteiger charge is 2.39. The van der Waals surface area contributed by atoms with Crippen LogP contribution < -0.4 is 0 Å². The Balaban J connectivity index is 2.15. The van der Waals surface area contributed by atoms with Crippen molar-refractivity contribution < 1.29 is 14.6 Å². The van der Waals surface area contributed by atoms with Crippen molar-refractivity contribution in [3.8, 4) is 0 Å². The fourth-order valence-electron chi connectivity index (χ4n) is 3.17. The molecule has 1 aliphatic heterocycles. The quantitative estimate of drug-likeness (QED) is 0.870. The summed E-state index contributed by atoms with van der Waals surface area (Å²) in [5, 5.41) is 13.8. The van der Waals surface area contributed by atoms with E-state index in [0.717, 1.165) is 12.1 Å². The van der Waals surface area contributed by atoms with Gasteiger partial charge >= 0.3 is 0 Å². The van der Waals surface area contributed by atoms with Gasteiger partial charge in [-0.05, 0) is 26.3 Å². The summed E-state index contributed by atoms with van der Waals surface area (Å²) in [7, 11) is 1.80. The van der Waals surface area contributed by atoms with Crippen LogP contribution in [0.3, 0.4) is 0 Å². The maximum Gasteiger partial charge on any atom is 0.228 e. The largest absolute Gasteiger partial charge is 0.396 e. The molecule has 2 atom stereocenters. The molecule has 1 aliphatic rings. The van der Waals surface area contributed by atoms with E-state index < -0.39 is 0 Å². The van der Waals surface area contributed by atoms with Gasteiger partial charge in [0.2, 0.25) is 5.91 Å². The highest BCUT2D eigenvalue weighted by atomic mass is 16.5. The van der Waals surface area contributed by atoms with Gasteiger partial charge in [0, 0.05) is 44.5 Å². The first-order valence-corrected chi connectivity index (χ1v) is 8.27. The second-order valence-electron chi connectivity index (χ2n) is 7.50. The van der Waals surface area contributed by atoms with Crippen molar-refractivity contribution in [1.29, 1.82) is 0 Å². The number of carbonyl (C=O) groups excluding carboxylic acids is 1. The first kappa shape index (κ1) is 17.9. The van der Waals surface area contributed by atoms with E-state index in [9.17, 15) is 9.90 Å². The van der Waals surface area contributed by atoms with Crippen LogP contribution in [0.1, 0.15) is 52.0 Å². The monoisotopic (exact) mass is 323 g/mol. The summed E-state index contributed by atoms with van der Waals surface area (Å²) >= 11 is 0. The molecule has 0 aliphatic carbocycles. The number of hydrogen-bond donors (Lipinski definition) is 1. The van der Waals surface area contributed by atoms with Crippen molar-refractivity contribution in [3.63, 3.8) is 0 Å². The molecule has 2 heterocycles. The average Bonchev–Trinajstić information content (AvgIpc) is 3.14. The first-order valence-electron chi connectivity index (χ1n) is 8.27. The molecular formula is C17H29N3O3. The lowest BCUT2D eigenvalue weighted by molar-refractivity contribution is -0.137. The second kappa shape index (κ2) is 7.01. The van der Waals surface area contributed by atoms with Crippen molar-refractivity contribution >= 4 is 5.91 Å². The van der Waals surface area contributed by atoms with Gasteiger partial charge in [0.05, 0.1) is 11.6 Å². The summed E-state index contributed by atoms with van der Waals surface area (Å²) in [6.45, 7) is 9.20. The first-order chi connectivity index (χ1) is 10.8. The molecule has 1 fully saturated rings. The molecule has 0 radical (unpaired) electrons. The zero-order chi connectivity index (χ0) is 17.2. The van der Waals surface area contributed by atoms with Crippen LogP contribution in [0, 0.1) is 11.3 Å². The van der Waals surface area contributed by atoms with Crippen LogP contribution >= 0.6 is 0 Å². The number of nitrogens with zero attached hydrogens (tertiary/aromatic N) is 3. The predicted molar refractivity (Wildman–Crippen MR) is 87.9 cm³/mol. The van der Waals surface area contributed by atoms with Gasteiger partial charge in [-0.25, -0.2) is 0 Å². The summed E-state index contributed by atoms with van der Waals surface area (Å²) < 4.78 is 7.80. The van der Waals surface area contributed by atoms with Gasteiger partial charge < -0.3 is 14.7 Å². The molecule has 1 N–H and O–H groups in total. The predicted octanol–water partition coefficient (Wildman–Crippen LogP) is 2.02. The van der Waals surface area contributed by atoms with Crippen LogP contribution in [0.25, 0.3) is 0 Å². The number of aliphatic hydroxyl groups is 1. The molecule has 0 saturated carbocycles. The summed E-state index contributed by atoms with van der Waals surface area (Å²) in [5.74, 6) is -0.116. The SMILES string of the molecule is CC(C)n1nccc1[C@H]1OCC[C@@H]1C(=O)N(C)CC(C)(C)CO. The zero-order valence-electron chi connectivity index (χ0n) is 14.8. The van der Waals surface area contributed by atoms with Crippen LogP contribution in [0.15, 0.2) is 12.3 Å². The molecule has 0 aromatic carbocycles. The van der Waals surface area contributed by atoms with Crippen molar-refractivity contribution in [2.45, 2.75) is 46.3 Å². The fraction of sp³-hybridized carbons (Fsp3) is 0.765. The summed E-state index contributed by atoms with van der Waals surface area (Å²) in [6, 6.07) is 2.17. The lowest BCUT2D eigenvalue weighted by Crippen LogP contribution is -2.41. The van der Waals surface area contributed by atoms with E-state index in [0.29, 0.717) is 13.2 Å². The molecule has 6 heteroatoms. The topological polar surface area (TPSA) is 67.6 Å². The highest BCUT2D eigenvalue weighted by Crippen LogP contribution is 2.36. The Bertz CT molecular complexity index is 539. The number of rotatable bonds is 6. The van der Waals surface area contributed by atoms with E-state index in [2.05, 4.69) is 18.9 Å². The zero-order valence-corrected chi connectivity index (χ0v) is 14.8. The molecule has 6 nitrogen and oxygen atoms in total. The normalized spacial score (nSPS) is 21.9. The molecule has 0 spiro atoms. The lowest BCUT2D eigenvalue weighted by atomic mass is 9.92. The smallest absolute Gasteiger partial charge is 0.228 e. The van der Waals surface area contributed by atoms with Gasteiger partial charge in [-0.2, -0.15) is 5.10 Å². The Labute approximate surface area is 138 Å². The Morgan fingerprint density at radius 2 is 2.26 bits per heavy atom. The maximum absolute atomic E-state index is 12.9. The van der Waals surface area contributed by atoms with Gasteiger partial charge in [0.25, 0.3) is 0 Å². The molecule has 0 bridgehead atoms. The number of hydrogen-bond acceptors (Lipinski definition) is 4. The number of aromatic nitrogens is 2. The number of aliphatic hydroxyl groups excluding tert-OH is 1. The molecule has 130 valence electrons. The van der Waals surface area contributed by atoms with Crippen LogP contribution in [0.4, 0.5) is 0 Å². The van der Waals surface area contributed by atoms with E-state index in [1.54, 1.807) is 18.1 Å². The number of ether oxygens (including phenoxy) is 1. The molecular weight excluding hydrogens is 294 g/mol. The highest BCUT2D eigenvalue weighted by molar-refractivity contribution is 5.79. The third kappa shape index (κ3) is 3.93. The van der Waals surface area contributed by atoms with E-state index in [-0.39, 0.29) is 36.0 Å². The number of carbonyl (C=O) groups is 1. The van der Waals surface area contributed by atoms with E-state index in [1.165, 1.54) is 0 Å². The average molecular weight is 323 g/mol. The molecule has 1 amide bonds. The van der Waals surface area contributed by atoms with Crippen LogP contribution in [0.2, 0.25) is 0 Å². The maximum atomic E-state index is 12.9. The molecule has 1 aromatic rings. The standard InChI is InChI=1S/C17H29N3O3/c1-12(2)20-14(6-8-18-20)15-13(7-9-23-15)16(22)19(5)10-17(3,4)11-21/h6,8,12-13,15,21H,7,9-11H2,1-5H3/t13-,15-/m0/s1. The molecule has 2 rings (SSSR count). The lowest BCUT2D eigenvalue weighted by Gasteiger charge is -2.31. The van der Waals surface area contributed by atoms with E-state index in [4.69, 9.17) is 4.74 Å². The van der Waals surface area contributed by atoms with Gasteiger partial charge in [-0.15, -0.1) is 0 Å². The molecule has 1 saturated heterocycles. The van der Waals surface area contributed by atoms with E-state index in [1.807, 2.05) is 24.6 Å². The third-order valence-electron chi connectivity index (χ3n) is 4.36. The fourth-order valence-corrected chi connectivity index (χ4v) is 3.17. The van der Waals surface area contributed by atoms with Gasteiger partial charge in [-0.1, -0.05) is 13.8 Å². The van der Waals surface area contributed by atoms with Crippen molar-refractivity contribution in [3.05, 3.63) is 18.0 Å². The minimum Gasteiger partial charge on any atom is -0.396 e.